The molecule has 78 valence electrons. The maximum absolute atomic E-state index is 10.8. The van der Waals surface area contributed by atoms with Gasteiger partial charge in [-0.1, -0.05) is 0 Å². The number of hydrogen-bond donors (Lipinski definition) is 1. The second-order valence-electron chi connectivity index (χ2n) is 4.53. The molecule has 0 aromatic heterocycles. The van der Waals surface area contributed by atoms with Crippen LogP contribution in [0, 0.1) is 0 Å². The molecule has 0 aliphatic heterocycles. The lowest BCUT2D eigenvalue weighted by molar-refractivity contribution is -0.0900. The molecule has 0 heterocycles. The summed E-state index contributed by atoms with van der Waals surface area (Å²) in [6.45, 7) is 5.87. The van der Waals surface area contributed by atoms with Gasteiger partial charge in [0.15, 0.2) is 0 Å². The van der Waals surface area contributed by atoms with Gasteiger partial charge in [0.2, 0.25) is 10.0 Å². The maximum Gasteiger partial charge on any atom is 0.212 e. The molecule has 4 nitrogen and oxygen atoms in total. The molecule has 0 bridgehead atoms. The molecule has 1 rings (SSSR count). The Bertz CT molecular complexity index is 272. The van der Waals surface area contributed by atoms with Crippen molar-refractivity contribution >= 4 is 10.0 Å². The topological polar surface area (TPSA) is 69.4 Å². The molecule has 1 saturated carbocycles. The molecule has 0 saturated heterocycles. The molecule has 0 aromatic rings. The zero-order valence-electron chi connectivity index (χ0n) is 8.28. The first-order chi connectivity index (χ1) is 5.68. The van der Waals surface area contributed by atoms with Crippen LogP contribution >= 0.6 is 0 Å². The third-order valence-electron chi connectivity index (χ3n) is 2.04. The smallest absolute Gasteiger partial charge is 0.212 e. The minimum atomic E-state index is -3.33. The van der Waals surface area contributed by atoms with Crippen LogP contribution in [0.25, 0.3) is 0 Å². The van der Waals surface area contributed by atoms with Crippen molar-refractivity contribution in [3.63, 3.8) is 0 Å². The molecule has 1 aliphatic carbocycles. The van der Waals surface area contributed by atoms with Crippen molar-refractivity contribution < 1.29 is 13.2 Å². The SMILES string of the molecule is CC(C)(C)OC1CC(S(N)(=O)=O)C1. The van der Waals surface area contributed by atoms with Crippen molar-refractivity contribution in [1.29, 1.82) is 0 Å². The van der Waals surface area contributed by atoms with E-state index in [-0.39, 0.29) is 17.0 Å². The van der Waals surface area contributed by atoms with Crippen LogP contribution < -0.4 is 5.14 Å². The summed E-state index contributed by atoms with van der Waals surface area (Å²) in [5.41, 5.74) is -0.200. The van der Waals surface area contributed by atoms with E-state index in [1.165, 1.54) is 0 Å². The van der Waals surface area contributed by atoms with Crippen molar-refractivity contribution in [3.8, 4) is 0 Å². The lowest BCUT2D eigenvalue weighted by atomic mass is 9.94. The van der Waals surface area contributed by atoms with Gasteiger partial charge in [-0.15, -0.1) is 0 Å². The fourth-order valence-electron chi connectivity index (χ4n) is 1.38. The Balaban J connectivity index is 2.35. The van der Waals surface area contributed by atoms with Crippen LogP contribution in [0.1, 0.15) is 33.6 Å². The Kier molecular flexibility index (Phi) is 2.71. The number of primary sulfonamides is 1. The van der Waals surface area contributed by atoms with Crippen molar-refractivity contribution in [2.45, 2.75) is 50.6 Å². The molecule has 0 amide bonds. The lowest BCUT2D eigenvalue weighted by Crippen LogP contribution is -2.46. The van der Waals surface area contributed by atoms with Gasteiger partial charge in [-0.05, 0) is 33.6 Å². The zero-order valence-corrected chi connectivity index (χ0v) is 9.10. The Hall–Kier alpha value is -0.130. The predicted octanol–water partition coefficient (Wildman–Crippen LogP) is 0.621. The van der Waals surface area contributed by atoms with E-state index in [4.69, 9.17) is 9.88 Å². The predicted molar refractivity (Wildman–Crippen MR) is 50.8 cm³/mol. The Morgan fingerprint density at radius 1 is 1.31 bits per heavy atom. The fourth-order valence-corrected chi connectivity index (χ4v) is 2.35. The van der Waals surface area contributed by atoms with Gasteiger partial charge in [0, 0.05) is 0 Å². The van der Waals surface area contributed by atoms with E-state index in [9.17, 15) is 8.42 Å². The Morgan fingerprint density at radius 2 is 1.77 bits per heavy atom. The zero-order chi connectivity index (χ0) is 10.3. The molecule has 13 heavy (non-hydrogen) atoms. The molecule has 2 N–H and O–H groups in total. The van der Waals surface area contributed by atoms with Gasteiger partial charge in [-0.25, -0.2) is 13.6 Å². The molecular formula is C8H17NO3S. The summed E-state index contributed by atoms with van der Waals surface area (Å²) >= 11 is 0. The first-order valence-electron chi connectivity index (χ1n) is 4.38. The number of sulfonamides is 1. The highest BCUT2D eigenvalue weighted by Gasteiger charge is 2.39. The lowest BCUT2D eigenvalue weighted by Gasteiger charge is -2.37. The van der Waals surface area contributed by atoms with E-state index in [0.717, 1.165) is 0 Å². The van der Waals surface area contributed by atoms with Gasteiger partial charge in [0.25, 0.3) is 0 Å². The largest absolute Gasteiger partial charge is 0.373 e. The summed E-state index contributed by atoms with van der Waals surface area (Å²) < 4.78 is 27.3. The number of rotatable bonds is 2. The molecule has 0 radical (unpaired) electrons. The van der Waals surface area contributed by atoms with Crippen molar-refractivity contribution in [1.82, 2.24) is 0 Å². The summed E-state index contributed by atoms with van der Waals surface area (Å²) in [6, 6.07) is 0. The van der Waals surface area contributed by atoms with E-state index >= 15 is 0 Å². The fraction of sp³-hybridized carbons (Fsp3) is 1.00. The quantitative estimate of drug-likeness (QED) is 0.721. The van der Waals surface area contributed by atoms with Gasteiger partial charge in [-0.3, -0.25) is 0 Å². The standard InChI is InChI=1S/C8H17NO3S/c1-8(2,3)12-6-4-7(5-6)13(9,10)11/h6-7H,4-5H2,1-3H3,(H2,9,10,11). The summed E-state index contributed by atoms with van der Waals surface area (Å²) in [6.07, 6.45) is 1.13. The molecule has 1 fully saturated rings. The van der Waals surface area contributed by atoms with E-state index in [2.05, 4.69) is 0 Å². The monoisotopic (exact) mass is 207 g/mol. The normalized spacial score (nSPS) is 29.8. The Morgan fingerprint density at radius 3 is 2.08 bits per heavy atom. The highest BCUT2D eigenvalue weighted by atomic mass is 32.2. The first kappa shape index (κ1) is 10.9. The number of ether oxygens (including phenoxy) is 1. The average Bonchev–Trinajstić information content (AvgIpc) is 1.71. The van der Waals surface area contributed by atoms with E-state index < -0.39 is 10.0 Å². The summed E-state index contributed by atoms with van der Waals surface area (Å²) in [4.78, 5) is 0. The second kappa shape index (κ2) is 3.22. The van der Waals surface area contributed by atoms with Gasteiger partial charge < -0.3 is 4.74 Å². The summed E-state index contributed by atoms with van der Waals surface area (Å²) in [7, 11) is -3.33. The second-order valence-corrected chi connectivity index (χ2v) is 6.38. The van der Waals surface area contributed by atoms with Crippen molar-refractivity contribution in [2.75, 3.05) is 0 Å². The molecule has 1 aliphatic rings. The molecule has 0 spiro atoms. The first-order valence-corrected chi connectivity index (χ1v) is 5.99. The van der Waals surface area contributed by atoms with Crippen LogP contribution in [0.2, 0.25) is 0 Å². The van der Waals surface area contributed by atoms with Crippen molar-refractivity contribution in [2.24, 2.45) is 5.14 Å². The maximum atomic E-state index is 10.8. The summed E-state index contributed by atoms with van der Waals surface area (Å²) in [5.74, 6) is 0. The minimum Gasteiger partial charge on any atom is -0.373 e. The van der Waals surface area contributed by atoms with Gasteiger partial charge >= 0.3 is 0 Å². The minimum absolute atomic E-state index is 0.0586. The Labute approximate surface area is 79.5 Å². The van der Waals surface area contributed by atoms with Crippen LogP contribution in [0.5, 0.6) is 0 Å². The third kappa shape index (κ3) is 3.25. The number of hydrogen-bond acceptors (Lipinski definition) is 3. The van der Waals surface area contributed by atoms with Crippen molar-refractivity contribution in [3.05, 3.63) is 0 Å². The van der Waals surface area contributed by atoms with Gasteiger partial charge in [0.1, 0.15) is 0 Å². The molecule has 0 unspecified atom stereocenters. The number of nitrogens with two attached hydrogens (primary N) is 1. The van der Waals surface area contributed by atoms with Crippen LogP contribution in [0.4, 0.5) is 0 Å². The third-order valence-corrected chi connectivity index (χ3v) is 3.35. The highest BCUT2D eigenvalue weighted by Crippen LogP contribution is 2.31. The van der Waals surface area contributed by atoms with Crippen LogP contribution in [-0.2, 0) is 14.8 Å². The summed E-state index contributed by atoms with van der Waals surface area (Å²) in [5, 5.41) is 4.59. The van der Waals surface area contributed by atoms with E-state index in [1.807, 2.05) is 20.8 Å². The van der Waals surface area contributed by atoms with Gasteiger partial charge in [0.05, 0.1) is 17.0 Å². The van der Waals surface area contributed by atoms with Crippen LogP contribution in [0.3, 0.4) is 0 Å². The average molecular weight is 207 g/mol. The highest BCUT2D eigenvalue weighted by molar-refractivity contribution is 7.89. The van der Waals surface area contributed by atoms with E-state index in [0.29, 0.717) is 12.8 Å². The molecule has 5 heteroatoms. The van der Waals surface area contributed by atoms with Crippen LogP contribution in [0.15, 0.2) is 0 Å². The molecular weight excluding hydrogens is 190 g/mol. The van der Waals surface area contributed by atoms with E-state index in [1.54, 1.807) is 0 Å². The van der Waals surface area contributed by atoms with Crippen LogP contribution in [-0.4, -0.2) is 25.4 Å². The van der Waals surface area contributed by atoms with Gasteiger partial charge in [-0.2, -0.15) is 0 Å². The molecule has 0 atom stereocenters. The molecule has 0 aromatic carbocycles.